The van der Waals surface area contributed by atoms with Crippen molar-refractivity contribution in [2.75, 3.05) is 12.4 Å². The zero-order valence-electron chi connectivity index (χ0n) is 9.92. The van der Waals surface area contributed by atoms with Crippen LogP contribution in [0.15, 0.2) is 24.3 Å². The predicted octanol–water partition coefficient (Wildman–Crippen LogP) is 4.18. The van der Waals surface area contributed by atoms with Crippen LogP contribution in [-0.4, -0.2) is 23.4 Å². The molecule has 0 amide bonds. The van der Waals surface area contributed by atoms with Crippen molar-refractivity contribution >= 4 is 23.2 Å². The Morgan fingerprint density at radius 1 is 1.31 bits per heavy atom. The van der Waals surface area contributed by atoms with Gasteiger partial charge in [0, 0.05) is 23.5 Å². The molecule has 1 rings (SSSR count). The Hall–Kier alpha value is -0.240. The summed E-state index contributed by atoms with van der Waals surface area (Å²) in [6, 6.07) is 8.57. The summed E-state index contributed by atoms with van der Waals surface area (Å²) in [5.74, 6) is 0.721. The van der Waals surface area contributed by atoms with Gasteiger partial charge in [-0.3, -0.25) is 4.90 Å². The number of hydrogen-bond acceptors (Lipinski definition) is 1. The quantitative estimate of drug-likeness (QED) is 0.693. The summed E-state index contributed by atoms with van der Waals surface area (Å²) in [7, 11) is 0. The van der Waals surface area contributed by atoms with Crippen molar-refractivity contribution < 1.29 is 0 Å². The highest BCUT2D eigenvalue weighted by Crippen LogP contribution is 2.14. The largest absolute Gasteiger partial charge is 0.297 e. The molecule has 0 aliphatic carbocycles. The maximum atomic E-state index is 5.97. The third-order valence-corrected chi connectivity index (χ3v) is 3.09. The fraction of sp³-hybridized carbons (Fsp3) is 0.538. The van der Waals surface area contributed by atoms with Crippen LogP contribution in [0.1, 0.15) is 25.8 Å². The van der Waals surface area contributed by atoms with Crippen molar-refractivity contribution in [3.05, 3.63) is 34.9 Å². The van der Waals surface area contributed by atoms with Gasteiger partial charge in [-0.25, -0.2) is 0 Å². The summed E-state index contributed by atoms with van der Waals surface area (Å²) in [4.78, 5) is 2.41. The lowest BCUT2D eigenvalue weighted by Gasteiger charge is -2.26. The highest BCUT2D eigenvalue weighted by molar-refractivity contribution is 6.30. The number of hydrogen-bond donors (Lipinski definition) is 0. The van der Waals surface area contributed by atoms with Crippen LogP contribution in [0, 0.1) is 0 Å². The molecule has 90 valence electrons. The number of halogens is 2. The maximum Gasteiger partial charge on any atom is 0.0409 e. The van der Waals surface area contributed by atoms with Crippen LogP contribution < -0.4 is 0 Å². The van der Waals surface area contributed by atoms with E-state index >= 15 is 0 Å². The lowest BCUT2D eigenvalue weighted by molar-refractivity contribution is 0.214. The molecule has 3 heteroatoms. The van der Waals surface area contributed by atoms with Crippen LogP contribution >= 0.6 is 23.2 Å². The van der Waals surface area contributed by atoms with Crippen LogP contribution in [0.5, 0.6) is 0 Å². The molecule has 0 spiro atoms. The third-order valence-electron chi connectivity index (χ3n) is 2.58. The van der Waals surface area contributed by atoms with Gasteiger partial charge in [0.15, 0.2) is 0 Å². The van der Waals surface area contributed by atoms with E-state index in [4.69, 9.17) is 23.2 Å². The average molecular weight is 260 g/mol. The van der Waals surface area contributed by atoms with Gasteiger partial charge in [0.25, 0.3) is 0 Å². The predicted molar refractivity (Wildman–Crippen MR) is 72.3 cm³/mol. The molecule has 0 bridgehead atoms. The number of benzene rings is 1. The first-order chi connectivity index (χ1) is 7.63. The standard InChI is InChI=1S/C13H19Cl2N/c1-11(2)16(8-4-7-14)10-12-5-3-6-13(15)9-12/h3,5-6,9,11H,4,7-8,10H2,1-2H3. The highest BCUT2D eigenvalue weighted by Gasteiger charge is 2.09. The van der Waals surface area contributed by atoms with Crippen LogP contribution in [0.3, 0.4) is 0 Å². The van der Waals surface area contributed by atoms with Gasteiger partial charge >= 0.3 is 0 Å². The van der Waals surface area contributed by atoms with Gasteiger partial charge in [0.2, 0.25) is 0 Å². The summed E-state index contributed by atoms with van der Waals surface area (Å²) < 4.78 is 0. The topological polar surface area (TPSA) is 3.24 Å². The van der Waals surface area contributed by atoms with Crippen LogP contribution in [0.2, 0.25) is 5.02 Å². The second-order valence-corrected chi connectivity index (χ2v) is 5.05. The SMILES string of the molecule is CC(C)N(CCCCl)Cc1cccc(Cl)c1. The van der Waals surface area contributed by atoms with Gasteiger partial charge in [-0.05, 0) is 44.5 Å². The molecule has 0 saturated heterocycles. The molecule has 0 aromatic heterocycles. The van der Waals surface area contributed by atoms with E-state index in [1.165, 1.54) is 5.56 Å². The van der Waals surface area contributed by atoms with Gasteiger partial charge in [-0.15, -0.1) is 11.6 Å². The van der Waals surface area contributed by atoms with E-state index in [0.717, 1.165) is 30.4 Å². The molecular formula is C13H19Cl2N. The minimum atomic E-state index is 0.530. The molecular weight excluding hydrogens is 241 g/mol. The van der Waals surface area contributed by atoms with E-state index in [-0.39, 0.29) is 0 Å². The van der Waals surface area contributed by atoms with E-state index in [1.807, 2.05) is 18.2 Å². The molecule has 0 N–H and O–H groups in total. The Bertz CT molecular complexity index is 313. The molecule has 0 aliphatic rings. The molecule has 1 aromatic rings. The molecule has 1 nitrogen and oxygen atoms in total. The highest BCUT2D eigenvalue weighted by atomic mass is 35.5. The molecule has 0 fully saturated rings. The van der Waals surface area contributed by atoms with Crippen molar-refractivity contribution in [3.8, 4) is 0 Å². The lowest BCUT2D eigenvalue weighted by Crippen LogP contribution is -2.31. The van der Waals surface area contributed by atoms with Crippen LogP contribution in [0.4, 0.5) is 0 Å². The van der Waals surface area contributed by atoms with Crippen LogP contribution in [0.25, 0.3) is 0 Å². The summed E-state index contributed by atoms with van der Waals surface area (Å²) in [6.07, 6.45) is 1.03. The lowest BCUT2D eigenvalue weighted by atomic mass is 10.2. The Kier molecular flexibility index (Phi) is 6.18. The number of alkyl halides is 1. The monoisotopic (exact) mass is 259 g/mol. The molecule has 0 atom stereocenters. The van der Waals surface area contributed by atoms with Gasteiger partial charge in [-0.1, -0.05) is 23.7 Å². The smallest absolute Gasteiger partial charge is 0.0409 e. The summed E-state index contributed by atoms with van der Waals surface area (Å²) in [6.45, 7) is 6.39. The van der Waals surface area contributed by atoms with E-state index in [0.29, 0.717) is 6.04 Å². The molecule has 0 heterocycles. The minimum absolute atomic E-state index is 0.530. The van der Waals surface area contributed by atoms with Gasteiger partial charge in [0.05, 0.1) is 0 Å². The van der Waals surface area contributed by atoms with Crippen LogP contribution in [-0.2, 0) is 6.54 Å². The Labute approximate surface area is 108 Å². The summed E-state index contributed by atoms with van der Waals surface area (Å²) in [5.41, 5.74) is 1.26. The normalized spacial score (nSPS) is 11.4. The van der Waals surface area contributed by atoms with E-state index in [2.05, 4.69) is 24.8 Å². The molecule has 0 saturated carbocycles. The molecule has 0 unspecified atom stereocenters. The fourth-order valence-electron chi connectivity index (χ4n) is 1.65. The van der Waals surface area contributed by atoms with E-state index in [9.17, 15) is 0 Å². The average Bonchev–Trinajstić information content (AvgIpc) is 2.24. The number of nitrogens with zero attached hydrogens (tertiary/aromatic N) is 1. The zero-order chi connectivity index (χ0) is 12.0. The Morgan fingerprint density at radius 2 is 2.06 bits per heavy atom. The zero-order valence-corrected chi connectivity index (χ0v) is 11.4. The third kappa shape index (κ3) is 4.73. The van der Waals surface area contributed by atoms with Crippen molar-refractivity contribution in [2.24, 2.45) is 0 Å². The Morgan fingerprint density at radius 3 is 2.62 bits per heavy atom. The van der Waals surface area contributed by atoms with Crippen molar-refractivity contribution in [3.63, 3.8) is 0 Å². The molecule has 0 aliphatic heterocycles. The van der Waals surface area contributed by atoms with E-state index < -0.39 is 0 Å². The van der Waals surface area contributed by atoms with Crippen molar-refractivity contribution in [1.82, 2.24) is 4.90 Å². The Balaban J connectivity index is 2.60. The number of rotatable bonds is 6. The minimum Gasteiger partial charge on any atom is -0.297 e. The summed E-state index contributed by atoms with van der Waals surface area (Å²) in [5, 5.41) is 0.804. The second-order valence-electron chi connectivity index (χ2n) is 4.24. The molecule has 1 aromatic carbocycles. The molecule has 0 radical (unpaired) electrons. The first kappa shape index (κ1) is 13.8. The maximum absolute atomic E-state index is 5.97. The first-order valence-corrected chi connectivity index (χ1v) is 6.59. The second kappa shape index (κ2) is 7.16. The fourth-order valence-corrected chi connectivity index (χ4v) is 1.98. The van der Waals surface area contributed by atoms with Gasteiger partial charge < -0.3 is 0 Å². The molecule has 16 heavy (non-hydrogen) atoms. The van der Waals surface area contributed by atoms with Crippen molar-refractivity contribution in [2.45, 2.75) is 32.9 Å². The van der Waals surface area contributed by atoms with E-state index in [1.54, 1.807) is 0 Å². The first-order valence-electron chi connectivity index (χ1n) is 5.68. The van der Waals surface area contributed by atoms with Gasteiger partial charge in [-0.2, -0.15) is 0 Å². The summed E-state index contributed by atoms with van der Waals surface area (Å²) >= 11 is 11.7. The van der Waals surface area contributed by atoms with Crippen molar-refractivity contribution in [1.29, 1.82) is 0 Å². The van der Waals surface area contributed by atoms with Gasteiger partial charge in [0.1, 0.15) is 0 Å².